The molecule has 112 valence electrons. The quantitative estimate of drug-likeness (QED) is 0.268. The maximum atomic E-state index is 4.00. The molecule has 0 spiro atoms. The van der Waals surface area contributed by atoms with Crippen LogP contribution in [0.4, 0.5) is 0 Å². The Labute approximate surface area is 115 Å². The maximum Gasteiger partial charge on any atom is -0.00519 e. The molecule has 0 unspecified atom stereocenters. The number of hydrogen-bond donors (Lipinski definition) is 3. The summed E-state index contributed by atoms with van der Waals surface area (Å²) < 4.78 is 0. The summed E-state index contributed by atoms with van der Waals surface area (Å²) in [6, 6.07) is 0. The van der Waals surface area contributed by atoms with Crippen LogP contribution in [0, 0.1) is 0 Å². The SMILES string of the molecule is CCCCCCCCCCCCCCNC.NN. The van der Waals surface area contributed by atoms with Crippen molar-refractivity contribution in [1.29, 1.82) is 0 Å². The molecule has 0 saturated carbocycles. The molecule has 0 bridgehead atoms. The summed E-state index contributed by atoms with van der Waals surface area (Å²) in [4.78, 5) is 0. The van der Waals surface area contributed by atoms with Gasteiger partial charge in [0.15, 0.2) is 0 Å². The van der Waals surface area contributed by atoms with Crippen molar-refractivity contribution in [3.8, 4) is 0 Å². The molecule has 0 radical (unpaired) electrons. The van der Waals surface area contributed by atoms with Crippen LogP contribution in [0.3, 0.4) is 0 Å². The molecule has 5 N–H and O–H groups in total. The number of rotatable bonds is 13. The number of nitrogens with one attached hydrogen (secondary N) is 1. The van der Waals surface area contributed by atoms with Crippen LogP contribution in [0.1, 0.15) is 84.0 Å². The molecule has 18 heavy (non-hydrogen) atoms. The van der Waals surface area contributed by atoms with E-state index in [1.165, 1.54) is 83.6 Å². The fourth-order valence-electron chi connectivity index (χ4n) is 2.14. The molecule has 0 aliphatic rings. The predicted molar refractivity (Wildman–Crippen MR) is 83.4 cm³/mol. The molecule has 0 rings (SSSR count). The Morgan fingerprint density at radius 1 is 0.611 bits per heavy atom. The van der Waals surface area contributed by atoms with Crippen LogP contribution in [-0.4, -0.2) is 13.6 Å². The standard InChI is InChI=1S/C15H33N.H4N2/c1-3-4-5-6-7-8-9-10-11-12-13-14-15-16-2;1-2/h16H,3-15H2,1-2H3;1-2H2. The number of hydrogen-bond acceptors (Lipinski definition) is 3. The highest BCUT2D eigenvalue weighted by molar-refractivity contribution is 4.49. The highest BCUT2D eigenvalue weighted by Crippen LogP contribution is 2.11. The summed E-state index contributed by atoms with van der Waals surface area (Å²) in [5.41, 5.74) is 0. The van der Waals surface area contributed by atoms with Crippen molar-refractivity contribution in [2.24, 2.45) is 11.7 Å². The van der Waals surface area contributed by atoms with Crippen molar-refractivity contribution in [2.75, 3.05) is 13.6 Å². The Hall–Kier alpha value is -0.120. The van der Waals surface area contributed by atoms with Crippen LogP contribution in [0.25, 0.3) is 0 Å². The van der Waals surface area contributed by atoms with E-state index in [0.29, 0.717) is 0 Å². The van der Waals surface area contributed by atoms with E-state index in [4.69, 9.17) is 0 Å². The lowest BCUT2D eigenvalue weighted by atomic mass is 10.1. The first kappa shape index (κ1) is 20.2. The Morgan fingerprint density at radius 3 is 1.28 bits per heavy atom. The van der Waals surface area contributed by atoms with E-state index in [2.05, 4.69) is 23.9 Å². The van der Waals surface area contributed by atoms with Gasteiger partial charge in [0.05, 0.1) is 0 Å². The fraction of sp³-hybridized carbons (Fsp3) is 1.00. The van der Waals surface area contributed by atoms with Gasteiger partial charge in [-0.3, -0.25) is 11.7 Å². The number of nitrogens with two attached hydrogens (primary N) is 2. The van der Waals surface area contributed by atoms with Crippen molar-refractivity contribution in [2.45, 2.75) is 84.0 Å². The van der Waals surface area contributed by atoms with Crippen LogP contribution < -0.4 is 17.0 Å². The molecule has 0 heterocycles. The van der Waals surface area contributed by atoms with Gasteiger partial charge in [0.2, 0.25) is 0 Å². The molecule has 0 aliphatic heterocycles. The molecule has 0 amide bonds. The molecule has 0 atom stereocenters. The zero-order chi connectivity index (χ0) is 13.9. The molecule has 0 aromatic heterocycles. The largest absolute Gasteiger partial charge is 0.320 e. The molecule has 0 saturated heterocycles. The van der Waals surface area contributed by atoms with Gasteiger partial charge in [-0.15, -0.1) is 0 Å². The van der Waals surface area contributed by atoms with E-state index in [-0.39, 0.29) is 0 Å². The monoisotopic (exact) mass is 259 g/mol. The summed E-state index contributed by atoms with van der Waals surface area (Å²) in [6.07, 6.45) is 17.3. The van der Waals surface area contributed by atoms with Crippen molar-refractivity contribution in [3.63, 3.8) is 0 Å². The highest BCUT2D eigenvalue weighted by Gasteiger charge is 1.92. The van der Waals surface area contributed by atoms with Crippen molar-refractivity contribution in [1.82, 2.24) is 5.32 Å². The van der Waals surface area contributed by atoms with Gasteiger partial charge in [0.1, 0.15) is 0 Å². The molecule has 3 nitrogen and oxygen atoms in total. The van der Waals surface area contributed by atoms with E-state index < -0.39 is 0 Å². The Bertz CT molecular complexity index is 104. The minimum Gasteiger partial charge on any atom is -0.320 e. The minimum absolute atomic E-state index is 1.19. The summed E-state index contributed by atoms with van der Waals surface area (Å²) >= 11 is 0. The van der Waals surface area contributed by atoms with Gasteiger partial charge in [-0.1, -0.05) is 77.6 Å². The second-order valence-corrected chi connectivity index (χ2v) is 4.99. The molecular weight excluding hydrogens is 222 g/mol. The zero-order valence-electron chi connectivity index (χ0n) is 12.8. The van der Waals surface area contributed by atoms with Gasteiger partial charge < -0.3 is 5.32 Å². The van der Waals surface area contributed by atoms with E-state index in [1.807, 2.05) is 7.05 Å². The molecular formula is C15H37N3. The topological polar surface area (TPSA) is 64.1 Å². The van der Waals surface area contributed by atoms with Crippen LogP contribution in [0.2, 0.25) is 0 Å². The van der Waals surface area contributed by atoms with E-state index in [1.54, 1.807) is 0 Å². The Morgan fingerprint density at radius 2 is 0.944 bits per heavy atom. The molecule has 0 aliphatic carbocycles. The van der Waals surface area contributed by atoms with Crippen LogP contribution >= 0.6 is 0 Å². The molecule has 0 aromatic carbocycles. The second-order valence-electron chi connectivity index (χ2n) is 4.99. The third-order valence-electron chi connectivity index (χ3n) is 3.28. The fourth-order valence-corrected chi connectivity index (χ4v) is 2.14. The van der Waals surface area contributed by atoms with Gasteiger partial charge in [-0.2, -0.15) is 0 Å². The van der Waals surface area contributed by atoms with E-state index in [9.17, 15) is 0 Å². The lowest BCUT2D eigenvalue weighted by Gasteiger charge is -2.02. The third-order valence-corrected chi connectivity index (χ3v) is 3.28. The van der Waals surface area contributed by atoms with Crippen LogP contribution in [0.5, 0.6) is 0 Å². The Kier molecular flexibility index (Phi) is 24.8. The van der Waals surface area contributed by atoms with E-state index in [0.717, 1.165) is 0 Å². The zero-order valence-corrected chi connectivity index (χ0v) is 12.8. The van der Waals surface area contributed by atoms with Crippen molar-refractivity contribution < 1.29 is 0 Å². The first-order chi connectivity index (χ1) is 8.91. The average molecular weight is 259 g/mol. The number of unbranched alkanes of at least 4 members (excludes halogenated alkanes) is 11. The van der Waals surface area contributed by atoms with Gasteiger partial charge in [0.25, 0.3) is 0 Å². The molecule has 3 heteroatoms. The summed E-state index contributed by atoms with van der Waals surface area (Å²) in [5, 5.41) is 3.20. The first-order valence-electron chi connectivity index (χ1n) is 7.89. The third kappa shape index (κ3) is 21.2. The Balaban J connectivity index is 0. The van der Waals surface area contributed by atoms with E-state index >= 15 is 0 Å². The predicted octanol–water partition coefficient (Wildman–Crippen LogP) is 3.73. The summed E-state index contributed by atoms with van der Waals surface area (Å²) in [5.74, 6) is 8.00. The molecule has 0 aromatic rings. The van der Waals surface area contributed by atoms with Crippen molar-refractivity contribution in [3.05, 3.63) is 0 Å². The van der Waals surface area contributed by atoms with Crippen LogP contribution in [0.15, 0.2) is 0 Å². The maximum absolute atomic E-state index is 4.00. The van der Waals surface area contributed by atoms with Gasteiger partial charge in [0, 0.05) is 0 Å². The lowest BCUT2D eigenvalue weighted by Crippen LogP contribution is -2.06. The first-order valence-corrected chi connectivity index (χ1v) is 7.89. The summed E-state index contributed by atoms with van der Waals surface area (Å²) in [6.45, 7) is 3.48. The average Bonchev–Trinajstić information content (AvgIpc) is 2.42. The minimum atomic E-state index is 1.19. The second kappa shape index (κ2) is 22.1. The van der Waals surface area contributed by atoms with Crippen LogP contribution in [-0.2, 0) is 0 Å². The normalized spacial score (nSPS) is 10.0. The number of hydrazine groups is 1. The highest BCUT2D eigenvalue weighted by atomic mass is 15.0. The smallest absolute Gasteiger partial charge is 0.00519 e. The van der Waals surface area contributed by atoms with Crippen molar-refractivity contribution >= 4 is 0 Å². The van der Waals surface area contributed by atoms with Gasteiger partial charge in [-0.25, -0.2) is 0 Å². The van der Waals surface area contributed by atoms with Gasteiger partial charge >= 0.3 is 0 Å². The summed E-state index contributed by atoms with van der Waals surface area (Å²) in [7, 11) is 2.04. The van der Waals surface area contributed by atoms with Gasteiger partial charge in [-0.05, 0) is 20.0 Å². The lowest BCUT2D eigenvalue weighted by molar-refractivity contribution is 0.541. The molecule has 0 fully saturated rings.